The molecule has 1 aliphatic heterocycles. The Morgan fingerprint density at radius 2 is 2.17 bits per heavy atom. The van der Waals surface area contributed by atoms with Gasteiger partial charge in [0, 0.05) is 31.4 Å². The summed E-state index contributed by atoms with van der Waals surface area (Å²) in [4.78, 5) is 20.5. The number of likely N-dealkylation sites (tertiary alicyclic amines) is 1. The van der Waals surface area contributed by atoms with Crippen molar-refractivity contribution in [1.29, 1.82) is 0 Å². The first-order chi connectivity index (χ1) is 11.1. The third-order valence-corrected chi connectivity index (χ3v) is 5.37. The Balaban J connectivity index is 1.75. The number of hydrogen-bond donors (Lipinski definition) is 1. The van der Waals surface area contributed by atoms with Gasteiger partial charge in [0.25, 0.3) is 0 Å². The van der Waals surface area contributed by atoms with Crippen LogP contribution < -0.4 is 10.2 Å². The lowest BCUT2D eigenvalue weighted by atomic mass is 10.0. The van der Waals surface area contributed by atoms with Crippen LogP contribution in [0.1, 0.15) is 52.1 Å². The molecule has 1 saturated heterocycles. The van der Waals surface area contributed by atoms with Gasteiger partial charge in [0.2, 0.25) is 5.91 Å². The molecule has 1 aromatic heterocycles. The summed E-state index contributed by atoms with van der Waals surface area (Å²) in [5.74, 6) is 0.0563. The Bertz CT molecular complexity index is 483. The molecule has 130 valence electrons. The normalized spacial score (nSPS) is 16.7. The lowest BCUT2D eigenvalue weighted by Gasteiger charge is -2.32. The predicted molar refractivity (Wildman–Crippen MR) is 97.0 cm³/mol. The number of unbranched alkanes of at least 4 members (excludes halogenated alkanes) is 1. The maximum atomic E-state index is 11.6. The molecule has 0 bridgehead atoms. The number of amides is 1. The second kappa shape index (κ2) is 9.35. The molecular formula is C17H30N4OS. The van der Waals surface area contributed by atoms with Crippen molar-refractivity contribution < 1.29 is 4.79 Å². The molecule has 0 atom stereocenters. The molecule has 2 rings (SSSR count). The molecule has 0 aromatic carbocycles. The summed E-state index contributed by atoms with van der Waals surface area (Å²) in [6.07, 6.45) is 5.02. The zero-order chi connectivity index (χ0) is 16.7. The standard InChI is InChI=1S/C17H30N4OS/c1-4-6-9-20-10-7-15(8-11-20)18-12-16-13-23-17(19-16)21(5-2)14(3)22/h13,15,18H,4-12H2,1-3H3. The Kier molecular flexibility index (Phi) is 7.46. The number of nitrogens with zero attached hydrogens (tertiary/aromatic N) is 3. The smallest absolute Gasteiger partial charge is 0.225 e. The highest BCUT2D eigenvalue weighted by atomic mass is 32.1. The number of anilines is 1. The van der Waals surface area contributed by atoms with Crippen molar-refractivity contribution in [3.8, 4) is 0 Å². The fourth-order valence-electron chi connectivity index (χ4n) is 2.99. The molecule has 2 heterocycles. The maximum absolute atomic E-state index is 11.6. The molecule has 0 radical (unpaired) electrons. The number of aromatic nitrogens is 1. The zero-order valence-electron chi connectivity index (χ0n) is 14.7. The minimum atomic E-state index is 0.0563. The van der Waals surface area contributed by atoms with E-state index in [1.807, 2.05) is 6.92 Å². The molecule has 0 saturated carbocycles. The van der Waals surface area contributed by atoms with E-state index in [0.717, 1.165) is 17.4 Å². The van der Waals surface area contributed by atoms with Crippen LogP contribution >= 0.6 is 11.3 Å². The summed E-state index contributed by atoms with van der Waals surface area (Å²) < 4.78 is 0. The van der Waals surface area contributed by atoms with Gasteiger partial charge in [-0.05, 0) is 45.8 Å². The van der Waals surface area contributed by atoms with E-state index in [-0.39, 0.29) is 5.91 Å². The van der Waals surface area contributed by atoms with Crippen molar-refractivity contribution in [1.82, 2.24) is 15.2 Å². The Hall–Kier alpha value is -0.980. The minimum absolute atomic E-state index is 0.0563. The van der Waals surface area contributed by atoms with Crippen molar-refractivity contribution in [2.45, 2.75) is 59.0 Å². The summed E-state index contributed by atoms with van der Waals surface area (Å²) in [6, 6.07) is 0.591. The van der Waals surface area contributed by atoms with E-state index >= 15 is 0 Å². The molecule has 5 nitrogen and oxygen atoms in total. The molecule has 0 aliphatic carbocycles. The van der Waals surface area contributed by atoms with Crippen molar-refractivity contribution in [3.63, 3.8) is 0 Å². The number of nitrogens with one attached hydrogen (secondary N) is 1. The third kappa shape index (κ3) is 5.55. The van der Waals surface area contributed by atoms with E-state index in [2.05, 4.69) is 27.5 Å². The molecular weight excluding hydrogens is 308 g/mol. The Morgan fingerprint density at radius 1 is 1.43 bits per heavy atom. The molecule has 1 amide bonds. The van der Waals surface area contributed by atoms with Crippen molar-refractivity contribution in [2.24, 2.45) is 0 Å². The van der Waals surface area contributed by atoms with Crippen molar-refractivity contribution in [2.75, 3.05) is 31.1 Å². The van der Waals surface area contributed by atoms with Gasteiger partial charge >= 0.3 is 0 Å². The van der Waals surface area contributed by atoms with Crippen molar-refractivity contribution in [3.05, 3.63) is 11.1 Å². The molecule has 1 fully saturated rings. The second-order valence-electron chi connectivity index (χ2n) is 6.24. The van der Waals surface area contributed by atoms with E-state index in [1.54, 1.807) is 23.2 Å². The zero-order valence-corrected chi connectivity index (χ0v) is 15.5. The van der Waals surface area contributed by atoms with Gasteiger partial charge in [-0.1, -0.05) is 13.3 Å². The van der Waals surface area contributed by atoms with E-state index in [9.17, 15) is 4.79 Å². The first kappa shape index (κ1) is 18.4. The van der Waals surface area contributed by atoms with Gasteiger partial charge in [-0.3, -0.25) is 9.69 Å². The summed E-state index contributed by atoms with van der Waals surface area (Å²) in [7, 11) is 0. The predicted octanol–water partition coefficient (Wildman–Crippen LogP) is 2.87. The minimum Gasteiger partial charge on any atom is -0.308 e. The number of hydrogen-bond acceptors (Lipinski definition) is 5. The van der Waals surface area contributed by atoms with Crippen LogP contribution in [0.2, 0.25) is 0 Å². The van der Waals surface area contributed by atoms with Crippen LogP contribution in [0, 0.1) is 0 Å². The van der Waals surface area contributed by atoms with Gasteiger partial charge in [0.15, 0.2) is 5.13 Å². The highest BCUT2D eigenvalue weighted by molar-refractivity contribution is 7.14. The monoisotopic (exact) mass is 338 g/mol. The molecule has 0 spiro atoms. The van der Waals surface area contributed by atoms with Crippen LogP contribution in [-0.2, 0) is 11.3 Å². The molecule has 1 aromatic rings. The summed E-state index contributed by atoms with van der Waals surface area (Å²) in [5, 5.41) is 6.50. The quantitative estimate of drug-likeness (QED) is 0.792. The van der Waals surface area contributed by atoms with Crippen LogP contribution in [0.15, 0.2) is 5.38 Å². The number of thiazole rings is 1. The van der Waals surface area contributed by atoms with Crippen LogP contribution in [-0.4, -0.2) is 48.0 Å². The fraction of sp³-hybridized carbons (Fsp3) is 0.765. The van der Waals surface area contributed by atoms with E-state index in [0.29, 0.717) is 12.6 Å². The van der Waals surface area contributed by atoms with Crippen LogP contribution in [0.4, 0.5) is 5.13 Å². The topological polar surface area (TPSA) is 48.5 Å². The van der Waals surface area contributed by atoms with Gasteiger partial charge in [-0.15, -0.1) is 11.3 Å². The molecule has 1 N–H and O–H groups in total. The van der Waals surface area contributed by atoms with Crippen LogP contribution in [0.25, 0.3) is 0 Å². The van der Waals surface area contributed by atoms with E-state index in [1.165, 1.54) is 45.3 Å². The second-order valence-corrected chi connectivity index (χ2v) is 7.07. The first-order valence-electron chi connectivity index (χ1n) is 8.82. The largest absolute Gasteiger partial charge is 0.308 e. The number of piperidine rings is 1. The van der Waals surface area contributed by atoms with Gasteiger partial charge in [-0.25, -0.2) is 4.98 Å². The maximum Gasteiger partial charge on any atom is 0.225 e. The van der Waals surface area contributed by atoms with Gasteiger partial charge in [-0.2, -0.15) is 0 Å². The summed E-state index contributed by atoms with van der Waals surface area (Å²) in [5.41, 5.74) is 1.04. The average molecular weight is 339 g/mol. The molecule has 23 heavy (non-hydrogen) atoms. The van der Waals surface area contributed by atoms with E-state index < -0.39 is 0 Å². The Labute approximate surface area is 144 Å². The highest BCUT2D eigenvalue weighted by Crippen LogP contribution is 2.21. The Morgan fingerprint density at radius 3 is 2.78 bits per heavy atom. The third-order valence-electron chi connectivity index (χ3n) is 4.45. The SMILES string of the molecule is CCCCN1CCC(NCc2csc(N(CC)C(C)=O)n2)CC1. The van der Waals surface area contributed by atoms with Gasteiger partial charge in [0.05, 0.1) is 5.69 Å². The lowest BCUT2D eigenvalue weighted by molar-refractivity contribution is -0.116. The average Bonchev–Trinajstić information content (AvgIpc) is 3.01. The highest BCUT2D eigenvalue weighted by Gasteiger charge is 2.19. The molecule has 1 aliphatic rings. The molecule has 0 unspecified atom stereocenters. The summed E-state index contributed by atoms with van der Waals surface area (Å²) in [6.45, 7) is 10.9. The first-order valence-corrected chi connectivity index (χ1v) is 9.70. The fourth-order valence-corrected chi connectivity index (χ4v) is 3.92. The van der Waals surface area contributed by atoms with Crippen LogP contribution in [0.5, 0.6) is 0 Å². The number of rotatable bonds is 8. The number of carbonyl (C=O) groups excluding carboxylic acids is 1. The summed E-state index contributed by atoms with van der Waals surface area (Å²) >= 11 is 1.55. The van der Waals surface area contributed by atoms with Crippen LogP contribution in [0.3, 0.4) is 0 Å². The van der Waals surface area contributed by atoms with Crippen molar-refractivity contribution >= 4 is 22.4 Å². The van der Waals surface area contributed by atoms with E-state index in [4.69, 9.17) is 0 Å². The molecule has 6 heteroatoms. The lowest BCUT2D eigenvalue weighted by Crippen LogP contribution is -2.42. The van der Waals surface area contributed by atoms with Gasteiger partial charge < -0.3 is 10.2 Å². The number of carbonyl (C=O) groups is 1. The van der Waals surface area contributed by atoms with Gasteiger partial charge in [0.1, 0.15) is 0 Å².